The van der Waals surface area contributed by atoms with Gasteiger partial charge in [0.2, 0.25) is 0 Å². The molecule has 1 aromatic rings. The number of nitrogens with one attached hydrogen (secondary N) is 1. The standard InChI is InChI=1S/C13H21N3O/c1-9-8-13(16-11(3)14-9)15-10(2)12-4-6-17-7-5-12/h8,10,12H,4-7H2,1-3H3,(H,14,15,16). The normalized spacial score (nSPS) is 19.0. The van der Waals surface area contributed by atoms with Crippen LogP contribution >= 0.6 is 0 Å². The molecule has 0 radical (unpaired) electrons. The summed E-state index contributed by atoms with van der Waals surface area (Å²) in [4.78, 5) is 8.70. The minimum Gasteiger partial charge on any atom is -0.381 e. The quantitative estimate of drug-likeness (QED) is 0.873. The Morgan fingerprint density at radius 2 is 2.00 bits per heavy atom. The van der Waals surface area contributed by atoms with Crippen LogP contribution in [0.25, 0.3) is 0 Å². The van der Waals surface area contributed by atoms with Crippen molar-refractivity contribution in [2.24, 2.45) is 5.92 Å². The van der Waals surface area contributed by atoms with E-state index in [1.54, 1.807) is 0 Å². The van der Waals surface area contributed by atoms with Gasteiger partial charge in [-0.05, 0) is 39.5 Å². The lowest BCUT2D eigenvalue weighted by Crippen LogP contribution is -2.31. The van der Waals surface area contributed by atoms with Gasteiger partial charge in [-0.3, -0.25) is 0 Å². The van der Waals surface area contributed by atoms with Crippen LogP contribution in [0.15, 0.2) is 6.07 Å². The highest BCUT2D eigenvalue weighted by Crippen LogP contribution is 2.21. The van der Waals surface area contributed by atoms with Gasteiger partial charge in [0.25, 0.3) is 0 Å². The van der Waals surface area contributed by atoms with Crippen LogP contribution in [-0.4, -0.2) is 29.2 Å². The highest BCUT2D eigenvalue weighted by Gasteiger charge is 2.20. The fourth-order valence-electron chi connectivity index (χ4n) is 2.36. The Balaban J connectivity index is 1.99. The summed E-state index contributed by atoms with van der Waals surface area (Å²) in [5.74, 6) is 2.44. The lowest BCUT2D eigenvalue weighted by Gasteiger charge is -2.28. The van der Waals surface area contributed by atoms with E-state index in [0.29, 0.717) is 12.0 Å². The molecule has 1 aromatic heterocycles. The van der Waals surface area contributed by atoms with Crippen molar-refractivity contribution < 1.29 is 4.74 Å². The Labute approximate surface area is 103 Å². The predicted octanol–water partition coefficient (Wildman–Crippen LogP) is 2.32. The maximum absolute atomic E-state index is 5.38. The van der Waals surface area contributed by atoms with Gasteiger partial charge < -0.3 is 10.1 Å². The minimum atomic E-state index is 0.438. The molecule has 1 saturated heterocycles. The van der Waals surface area contributed by atoms with Gasteiger partial charge in [0.1, 0.15) is 11.6 Å². The van der Waals surface area contributed by atoms with Gasteiger partial charge >= 0.3 is 0 Å². The second kappa shape index (κ2) is 5.45. The Bertz CT molecular complexity index is 355. The largest absolute Gasteiger partial charge is 0.381 e. The average molecular weight is 235 g/mol. The highest BCUT2D eigenvalue weighted by molar-refractivity contribution is 5.36. The second-order valence-electron chi connectivity index (χ2n) is 4.82. The molecule has 1 unspecified atom stereocenters. The summed E-state index contributed by atoms with van der Waals surface area (Å²) in [5.41, 5.74) is 1.01. The number of aryl methyl sites for hydroxylation is 2. The minimum absolute atomic E-state index is 0.438. The van der Waals surface area contributed by atoms with Crippen molar-refractivity contribution in [2.75, 3.05) is 18.5 Å². The topological polar surface area (TPSA) is 47.0 Å². The molecule has 4 nitrogen and oxygen atoms in total. The van der Waals surface area contributed by atoms with Crippen molar-refractivity contribution in [1.82, 2.24) is 9.97 Å². The third-order valence-corrected chi connectivity index (χ3v) is 3.31. The molecule has 0 aliphatic carbocycles. The number of hydrogen-bond donors (Lipinski definition) is 1. The van der Waals surface area contributed by atoms with E-state index in [-0.39, 0.29) is 0 Å². The van der Waals surface area contributed by atoms with E-state index in [0.717, 1.165) is 43.4 Å². The fourth-order valence-corrected chi connectivity index (χ4v) is 2.36. The lowest BCUT2D eigenvalue weighted by atomic mass is 9.93. The van der Waals surface area contributed by atoms with Crippen molar-refractivity contribution >= 4 is 5.82 Å². The number of hydrogen-bond acceptors (Lipinski definition) is 4. The van der Waals surface area contributed by atoms with Gasteiger partial charge in [0.05, 0.1) is 0 Å². The summed E-state index contributed by atoms with van der Waals surface area (Å²) >= 11 is 0. The van der Waals surface area contributed by atoms with Crippen LogP contribution in [0.4, 0.5) is 5.82 Å². The Kier molecular flexibility index (Phi) is 3.94. The smallest absolute Gasteiger partial charge is 0.130 e. The molecule has 0 bridgehead atoms. The second-order valence-corrected chi connectivity index (χ2v) is 4.82. The van der Waals surface area contributed by atoms with E-state index in [1.807, 2.05) is 19.9 Å². The van der Waals surface area contributed by atoms with Crippen LogP contribution in [0.2, 0.25) is 0 Å². The number of ether oxygens (including phenoxy) is 1. The van der Waals surface area contributed by atoms with Crippen LogP contribution in [0.1, 0.15) is 31.3 Å². The molecule has 2 heterocycles. The molecule has 0 aromatic carbocycles. The first-order valence-electron chi connectivity index (χ1n) is 6.31. The molecule has 2 rings (SSSR count). The van der Waals surface area contributed by atoms with Gasteiger partial charge in [-0.15, -0.1) is 0 Å². The van der Waals surface area contributed by atoms with Crippen molar-refractivity contribution in [3.63, 3.8) is 0 Å². The van der Waals surface area contributed by atoms with Crippen LogP contribution < -0.4 is 5.32 Å². The van der Waals surface area contributed by atoms with E-state index in [2.05, 4.69) is 22.2 Å². The molecule has 1 atom stereocenters. The monoisotopic (exact) mass is 235 g/mol. The number of anilines is 1. The lowest BCUT2D eigenvalue weighted by molar-refractivity contribution is 0.0622. The van der Waals surface area contributed by atoms with Crippen LogP contribution in [0.5, 0.6) is 0 Å². The third kappa shape index (κ3) is 3.40. The van der Waals surface area contributed by atoms with E-state index in [4.69, 9.17) is 4.74 Å². The maximum atomic E-state index is 5.38. The van der Waals surface area contributed by atoms with Crippen LogP contribution in [-0.2, 0) is 4.74 Å². The predicted molar refractivity (Wildman–Crippen MR) is 68.1 cm³/mol. The first-order valence-corrected chi connectivity index (χ1v) is 6.31. The zero-order valence-corrected chi connectivity index (χ0v) is 10.9. The van der Waals surface area contributed by atoms with E-state index >= 15 is 0 Å². The van der Waals surface area contributed by atoms with Crippen molar-refractivity contribution in [3.05, 3.63) is 17.6 Å². The third-order valence-electron chi connectivity index (χ3n) is 3.31. The van der Waals surface area contributed by atoms with Crippen molar-refractivity contribution in [3.8, 4) is 0 Å². The van der Waals surface area contributed by atoms with Gasteiger partial charge in [0, 0.05) is 31.0 Å². The number of rotatable bonds is 3. The molecule has 94 valence electrons. The molecular weight excluding hydrogens is 214 g/mol. The van der Waals surface area contributed by atoms with Crippen LogP contribution in [0.3, 0.4) is 0 Å². The fraction of sp³-hybridized carbons (Fsp3) is 0.692. The van der Waals surface area contributed by atoms with Crippen molar-refractivity contribution in [2.45, 2.75) is 39.7 Å². The Hall–Kier alpha value is -1.16. The van der Waals surface area contributed by atoms with Gasteiger partial charge in [-0.1, -0.05) is 0 Å². The summed E-state index contributed by atoms with van der Waals surface area (Å²) in [6, 6.07) is 2.44. The first kappa shape index (κ1) is 12.3. The van der Waals surface area contributed by atoms with Gasteiger partial charge in [0.15, 0.2) is 0 Å². The summed E-state index contributed by atoms with van der Waals surface area (Å²) in [7, 11) is 0. The van der Waals surface area contributed by atoms with Crippen LogP contribution in [0, 0.1) is 19.8 Å². The number of nitrogens with zero attached hydrogens (tertiary/aromatic N) is 2. The Morgan fingerprint density at radius 3 is 2.65 bits per heavy atom. The SMILES string of the molecule is Cc1cc(NC(C)C2CCOCC2)nc(C)n1. The molecule has 0 saturated carbocycles. The molecule has 17 heavy (non-hydrogen) atoms. The molecule has 1 N–H and O–H groups in total. The molecule has 1 aliphatic rings. The molecule has 0 spiro atoms. The van der Waals surface area contributed by atoms with Crippen molar-refractivity contribution in [1.29, 1.82) is 0 Å². The molecular formula is C13H21N3O. The maximum Gasteiger partial charge on any atom is 0.130 e. The zero-order valence-electron chi connectivity index (χ0n) is 10.9. The van der Waals surface area contributed by atoms with Gasteiger partial charge in [-0.2, -0.15) is 0 Å². The molecule has 1 aliphatic heterocycles. The average Bonchev–Trinajstić information content (AvgIpc) is 2.28. The zero-order chi connectivity index (χ0) is 12.3. The van der Waals surface area contributed by atoms with E-state index in [1.165, 1.54) is 0 Å². The van der Waals surface area contributed by atoms with Gasteiger partial charge in [-0.25, -0.2) is 9.97 Å². The molecule has 1 fully saturated rings. The highest BCUT2D eigenvalue weighted by atomic mass is 16.5. The summed E-state index contributed by atoms with van der Waals surface area (Å²) in [6.07, 6.45) is 2.27. The molecule has 0 amide bonds. The van der Waals surface area contributed by atoms with E-state index in [9.17, 15) is 0 Å². The summed E-state index contributed by atoms with van der Waals surface area (Å²) < 4.78 is 5.38. The molecule has 4 heteroatoms. The first-order chi connectivity index (χ1) is 8.15. The summed E-state index contributed by atoms with van der Waals surface area (Å²) in [5, 5.41) is 3.49. The Morgan fingerprint density at radius 1 is 1.29 bits per heavy atom. The van der Waals surface area contributed by atoms with E-state index < -0.39 is 0 Å². The summed E-state index contributed by atoms with van der Waals surface area (Å²) in [6.45, 7) is 7.93. The number of aromatic nitrogens is 2.